The van der Waals surface area contributed by atoms with Crippen LogP contribution in [0.3, 0.4) is 0 Å². The molecule has 0 fully saturated rings. The molecule has 1 aromatic carbocycles. The molecule has 14 heavy (non-hydrogen) atoms. The lowest BCUT2D eigenvalue weighted by atomic mass is 10.0. The van der Waals surface area contributed by atoms with Gasteiger partial charge in [-0.25, -0.2) is 0 Å². The summed E-state index contributed by atoms with van der Waals surface area (Å²) in [4.78, 5) is 11.6. The molecule has 0 aromatic heterocycles. The Hall–Kier alpha value is -0.670. The van der Waals surface area contributed by atoms with E-state index in [9.17, 15) is 4.79 Å². The smallest absolute Gasteiger partial charge is 0.164 e. The Kier molecular flexibility index (Phi) is 3.84. The molecule has 0 aliphatic carbocycles. The highest BCUT2D eigenvalue weighted by atomic mass is 79.9. The fourth-order valence-corrected chi connectivity index (χ4v) is 1.73. The topological polar surface area (TPSA) is 43.1 Å². The summed E-state index contributed by atoms with van der Waals surface area (Å²) in [7, 11) is 0. The van der Waals surface area contributed by atoms with Crippen LogP contribution in [0.5, 0.6) is 0 Å². The van der Waals surface area contributed by atoms with Crippen LogP contribution in [0.2, 0.25) is 0 Å². The van der Waals surface area contributed by atoms with Gasteiger partial charge in [0.25, 0.3) is 0 Å². The van der Waals surface area contributed by atoms with E-state index < -0.39 is 0 Å². The summed E-state index contributed by atoms with van der Waals surface area (Å²) in [5.74, 6) is 0.116. The number of Topliss-reactive ketones (excluding diaryl/α,β-unsaturated/α-hetero) is 1. The first kappa shape index (κ1) is 11.4. The van der Waals surface area contributed by atoms with Crippen molar-refractivity contribution in [2.45, 2.75) is 20.3 Å². The van der Waals surface area contributed by atoms with Gasteiger partial charge in [0.1, 0.15) is 0 Å². The third-order valence-corrected chi connectivity index (χ3v) is 3.47. The molecule has 2 nitrogen and oxygen atoms in total. The van der Waals surface area contributed by atoms with Gasteiger partial charge in [-0.2, -0.15) is 0 Å². The maximum atomic E-state index is 11.6. The zero-order chi connectivity index (χ0) is 10.7. The number of nitrogens with two attached hydrogens (primary N) is 1. The van der Waals surface area contributed by atoms with Crippen molar-refractivity contribution in [2.75, 3.05) is 6.54 Å². The number of aryl methyl sites for hydroxylation is 1. The van der Waals surface area contributed by atoms with Crippen molar-refractivity contribution in [1.82, 2.24) is 0 Å². The first-order chi connectivity index (χ1) is 6.57. The van der Waals surface area contributed by atoms with E-state index in [0.717, 1.165) is 21.2 Å². The van der Waals surface area contributed by atoms with E-state index in [1.165, 1.54) is 0 Å². The molecule has 0 spiro atoms. The van der Waals surface area contributed by atoms with Gasteiger partial charge in [0, 0.05) is 16.5 Å². The highest BCUT2D eigenvalue weighted by Gasteiger charge is 2.11. The zero-order valence-corrected chi connectivity index (χ0v) is 10.0. The Bertz CT molecular complexity index is 361. The molecule has 0 aliphatic heterocycles. The minimum Gasteiger partial charge on any atom is -0.330 e. The van der Waals surface area contributed by atoms with Gasteiger partial charge in [0.05, 0.1) is 0 Å². The predicted octanol–water partition coefficient (Wildman–Crippen LogP) is 2.60. The van der Waals surface area contributed by atoms with Gasteiger partial charge in [0.15, 0.2) is 5.78 Å². The number of hydrogen-bond acceptors (Lipinski definition) is 2. The molecular formula is C11H14BrNO. The molecule has 0 radical (unpaired) electrons. The Morgan fingerprint density at radius 1 is 1.43 bits per heavy atom. The molecule has 0 unspecified atom stereocenters. The molecule has 1 aromatic rings. The Labute approximate surface area is 92.6 Å². The summed E-state index contributed by atoms with van der Waals surface area (Å²) in [6.45, 7) is 4.36. The molecule has 2 N–H and O–H groups in total. The lowest BCUT2D eigenvalue weighted by molar-refractivity contribution is 0.0985. The highest BCUT2D eigenvalue weighted by molar-refractivity contribution is 9.10. The summed E-state index contributed by atoms with van der Waals surface area (Å²) in [6.07, 6.45) is 0.413. The Balaban J connectivity index is 3.11. The maximum Gasteiger partial charge on any atom is 0.164 e. The maximum absolute atomic E-state index is 11.6. The standard InChI is InChI=1S/C11H14BrNO/c1-7-3-4-9(8(2)11(7)12)10(14)5-6-13/h3-4H,5-6,13H2,1-2H3. The van der Waals surface area contributed by atoms with E-state index in [4.69, 9.17) is 5.73 Å². The monoisotopic (exact) mass is 255 g/mol. The lowest BCUT2D eigenvalue weighted by Gasteiger charge is -2.08. The number of carbonyl (C=O) groups is 1. The van der Waals surface area contributed by atoms with E-state index in [-0.39, 0.29) is 5.78 Å². The molecule has 0 saturated heterocycles. The number of rotatable bonds is 3. The van der Waals surface area contributed by atoms with Gasteiger partial charge in [-0.05, 0) is 31.5 Å². The summed E-state index contributed by atoms with van der Waals surface area (Å²) in [6, 6.07) is 3.81. The summed E-state index contributed by atoms with van der Waals surface area (Å²) in [5.41, 5.74) is 8.27. The van der Waals surface area contributed by atoms with E-state index in [2.05, 4.69) is 15.9 Å². The van der Waals surface area contributed by atoms with Crippen molar-refractivity contribution in [3.63, 3.8) is 0 Å². The first-order valence-corrected chi connectivity index (χ1v) is 5.36. The second-order valence-corrected chi connectivity index (χ2v) is 4.12. The van der Waals surface area contributed by atoms with Gasteiger partial charge in [-0.1, -0.05) is 28.1 Å². The van der Waals surface area contributed by atoms with Crippen LogP contribution in [0.25, 0.3) is 0 Å². The number of carbonyl (C=O) groups excluding carboxylic acids is 1. The molecule has 0 saturated carbocycles. The van der Waals surface area contributed by atoms with Crippen LogP contribution in [0.15, 0.2) is 16.6 Å². The van der Waals surface area contributed by atoms with E-state index >= 15 is 0 Å². The molecule has 0 aliphatic rings. The van der Waals surface area contributed by atoms with Crippen LogP contribution >= 0.6 is 15.9 Å². The van der Waals surface area contributed by atoms with Crippen molar-refractivity contribution in [2.24, 2.45) is 5.73 Å². The normalized spacial score (nSPS) is 10.3. The van der Waals surface area contributed by atoms with Crippen molar-refractivity contribution in [1.29, 1.82) is 0 Å². The highest BCUT2D eigenvalue weighted by Crippen LogP contribution is 2.24. The Morgan fingerprint density at radius 3 is 2.64 bits per heavy atom. The van der Waals surface area contributed by atoms with E-state index in [1.54, 1.807) is 0 Å². The number of benzene rings is 1. The van der Waals surface area contributed by atoms with Crippen molar-refractivity contribution in [3.05, 3.63) is 33.3 Å². The quantitative estimate of drug-likeness (QED) is 0.844. The summed E-state index contributed by atoms with van der Waals surface area (Å²) < 4.78 is 1.01. The van der Waals surface area contributed by atoms with Crippen LogP contribution in [0.1, 0.15) is 27.9 Å². The zero-order valence-electron chi connectivity index (χ0n) is 8.43. The first-order valence-electron chi connectivity index (χ1n) is 4.57. The minimum absolute atomic E-state index is 0.116. The van der Waals surface area contributed by atoms with E-state index in [1.807, 2.05) is 26.0 Å². The fraction of sp³-hybridized carbons (Fsp3) is 0.364. The lowest BCUT2D eigenvalue weighted by Crippen LogP contribution is -2.09. The van der Waals surface area contributed by atoms with Crippen LogP contribution in [-0.4, -0.2) is 12.3 Å². The Morgan fingerprint density at radius 2 is 2.07 bits per heavy atom. The number of ketones is 1. The molecule has 76 valence electrons. The van der Waals surface area contributed by atoms with Gasteiger partial charge in [0.2, 0.25) is 0 Å². The summed E-state index contributed by atoms with van der Waals surface area (Å²) >= 11 is 3.47. The van der Waals surface area contributed by atoms with Crippen LogP contribution in [0, 0.1) is 13.8 Å². The molecule has 0 amide bonds. The van der Waals surface area contributed by atoms with Crippen molar-refractivity contribution < 1.29 is 4.79 Å². The van der Waals surface area contributed by atoms with Crippen LogP contribution < -0.4 is 5.73 Å². The van der Waals surface area contributed by atoms with Gasteiger partial charge in [-0.15, -0.1) is 0 Å². The largest absolute Gasteiger partial charge is 0.330 e. The average molecular weight is 256 g/mol. The average Bonchev–Trinajstić information content (AvgIpc) is 2.15. The molecule has 3 heteroatoms. The molecule has 0 atom stereocenters. The van der Waals surface area contributed by atoms with Crippen LogP contribution in [0.4, 0.5) is 0 Å². The fourth-order valence-electron chi connectivity index (χ4n) is 1.39. The van der Waals surface area contributed by atoms with Crippen LogP contribution in [-0.2, 0) is 0 Å². The minimum atomic E-state index is 0.116. The van der Waals surface area contributed by atoms with Gasteiger partial charge >= 0.3 is 0 Å². The third-order valence-electron chi connectivity index (χ3n) is 2.25. The molecular weight excluding hydrogens is 242 g/mol. The number of halogens is 1. The molecule has 1 rings (SSSR count). The predicted molar refractivity (Wildman–Crippen MR) is 61.6 cm³/mol. The van der Waals surface area contributed by atoms with Gasteiger partial charge in [-0.3, -0.25) is 4.79 Å². The molecule has 0 heterocycles. The third kappa shape index (κ3) is 2.22. The second kappa shape index (κ2) is 4.71. The summed E-state index contributed by atoms with van der Waals surface area (Å²) in [5, 5.41) is 0. The SMILES string of the molecule is Cc1ccc(C(=O)CCN)c(C)c1Br. The number of hydrogen-bond donors (Lipinski definition) is 1. The van der Waals surface area contributed by atoms with Crippen molar-refractivity contribution in [3.8, 4) is 0 Å². The van der Waals surface area contributed by atoms with Gasteiger partial charge < -0.3 is 5.73 Å². The molecule has 0 bridgehead atoms. The van der Waals surface area contributed by atoms with E-state index in [0.29, 0.717) is 13.0 Å². The van der Waals surface area contributed by atoms with Crippen molar-refractivity contribution >= 4 is 21.7 Å². The second-order valence-electron chi connectivity index (χ2n) is 3.33.